The maximum absolute atomic E-state index is 9.36. The summed E-state index contributed by atoms with van der Waals surface area (Å²) in [5.74, 6) is 0.608. The Balaban J connectivity index is 2.37. The molecular weight excluding hydrogens is 246 g/mol. The predicted octanol–water partition coefficient (Wildman–Crippen LogP) is 3.07. The molecule has 1 aliphatic rings. The zero-order chi connectivity index (χ0) is 14.5. The molecule has 1 saturated heterocycles. The highest BCUT2D eigenvalue weighted by Gasteiger charge is 2.30. The van der Waals surface area contributed by atoms with Crippen molar-refractivity contribution in [2.45, 2.75) is 45.2 Å². The summed E-state index contributed by atoms with van der Waals surface area (Å²) in [4.78, 5) is 2.48. The van der Waals surface area contributed by atoms with Crippen LogP contribution in [0.3, 0.4) is 0 Å². The van der Waals surface area contributed by atoms with Crippen LogP contribution in [0.2, 0.25) is 0 Å². The average Bonchev–Trinajstić information content (AvgIpc) is 2.60. The largest absolute Gasteiger partial charge is 0.326 e. The molecule has 1 aromatic carbocycles. The first-order chi connectivity index (χ1) is 9.63. The van der Waals surface area contributed by atoms with E-state index in [1.165, 1.54) is 12.8 Å². The molecule has 0 bridgehead atoms. The van der Waals surface area contributed by atoms with Gasteiger partial charge in [0, 0.05) is 12.6 Å². The maximum atomic E-state index is 9.36. The smallest absolute Gasteiger partial charge is 0.0995 e. The van der Waals surface area contributed by atoms with E-state index in [1.807, 2.05) is 18.2 Å². The Morgan fingerprint density at radius 3 is 2.80 bits per heavy atom. The summed E-state index contributed by atoms with van der Waals surface area (Å²) in [6.45, 7) is 6.60. The molecule has 0 spiro atoms. The highest BCUT2D eigenvalue weighted by atomic mass is 15.2. The standard InChI is InChI=1S/C17H25N3/c1-13(2)12-20-10-6-5-9-16(19)17(20)15-8-4-3-7-14(15)11-18/h3-4,7-8,13,16-17H,5-6,9-10,12,19H2,1-2H3. The summed E-state index contributed by atoms with van der Waals surface area (Å²) in [6.07, 6.45) is 3.42. The van der Waals surface area contributed by atoms with E-state index in [0.29, 0.717) is 5.92 Å². The normalized spacial score (nSPS) is 24.4. The summed E-state index contributed by atoms with van der Waals surface area (Å²) in [7, 11) is 0. The van der Waals surface area contributed by atoms with Crippen molar-refractivity contribution in [2.24, 2.45) is 11.7 Å². The van der Waals surface area contributed by atoms with Crippen LogP contribution in [0.25, 0.3) is 0 Å². The monoisotopic (exact) mass is 271 g/mol. The van der Waals surface area contributed by atoms with Crippen LogP contribution in [0.1, 0.15) is 50.3 Å². The molecule has 3 nitrogen and oxygen atoms in total. The average molecular weight is 271 g/mol. The van der Waals surface area contributed by atoms with Crippen LogP contribution in [0.15, 0.2) is 24.3 Å². The van der Waals surface area contributed by atoms with Crippen molar-refractivity contribution in [1.82, 2.24) is 4.90 Å². The lowest BCUT2D eigenvalue weighted by Crippen LogP contribution is -2.41. The minimum absolute atomic E-state index is 0.116. The number of rotatable bonds is 3. The van der Waals surface area contributed by atoms with Crippen molar-refractivity contribution >= 4 is 0 Å². The quantitative estimate of drug-likeness (QED) is 0.919. The van der Waals surface area contributed by atoms with Crippen molar-refractivity contribution < 1.29 is 0 Å². The maximum Gasteiger partial charge on any atom is 0.0995 e. The van der Waals surface area contributed by atoms with Crippen molar-refractivity contribution in [3.63, 3.8) is 0 Å². The van der Waals surface area contributed by atoms with E-state index in [1.54, 1.807) is 0 Å². The van der Waals surface area contributed by atoms with Crippen molar-refractivity contribution in [2.75, 3.05) is 13.1 Å². The molecule has 2 atom stereocenters. The van der Waals surface area contributed by atoms with Gasteiger partial charge in [-0.3, -0.25) is 4.90 Å². The highest BCUT2D eigenvalue weighted by Crippen LogP contribution is 2.31. The highest BCUT2D eigenvalue weighted by molar-refractivity contribution is 5.40. The van der Waals surface area contributed by atoms with Gasteiger partial charge in [0.1, 0.15) is 0 Å². The number of benzene rings is 1. The van der Waals surface area contributed by atoms with E-state index in [-0.39, 0.29) is 12.1 Å². The molecule has 0 aliphatic carbocycles. The van der Waals surface area contributed by atoms with Crippen molar-refractivity contribution in [1.29, 1.82) is 5.26 Å². The van der Waals surface area contributed by atoms with E-state index in [9.17, 15) is 5.26 Å². The summed E-state index contributed by atoms with van der Waals surface area (Å²) < 4.78 is 0. The van der Waals surface area contributed by atoms with E-state index in [4.69, 9.17) is 5.73 Å². The first-order valence-corrected chi connectivity index (χ1v) is 7.62. The van der Waals surface area contributed by atoms with Gasteiger partial charge in [0.25, 0.3) is 0 Å². The Bertz CT molecular complexity index is 475. The van der Waals surface area contributed by atoms with Crippen molar-refractivity contribution in [3.8, 4) is 6.07 Å². The lowest BCUT2D eigenvalue weighted by atomic mass is 9.92. The summed E-state index contributed by atoms with van der Waals surface area (Å²) in [5.41, 5.74) is 8.32. The fourth-order valence-electron chi connectivity index (χ4n) is 3.22. The molecule has 2 unspecified atom stereocenters. The van der Waals surface area contributed by atoms with Gasteiger partial charge < -0.3 is 5.73 Å². The van der Waals surface area contributed by atoms with Gasteiger partial charge in [0.2, 0.25) is 0 Å². The molecule has 108 valence electrons. The minimum atomic E-state index is 0.116. The van der Waals surface area contributed by atoms with Crippen LogP contribution in [0, 0.1) is 17.2 Å². The number of nitrogens with zero attached hydrogens (tertiary/aromatic N) is 2. The zero-order valence-electron chi connectivity index (χ0n) is 12.5. The van der Waals surface area contributed by atoms with Crippen LogP contribution in [0.5, 0.6) is 0 Å². The van der Waals surface area contributed by atoms with E-state index in [0.717, 1.165) is 30.6 Å². The Labute approximate surface area is 122 Å². The van der Waals surface area contributed by atoms with Gasteiger partial charge in [-0.05, 0) is 36.9 Å². The van der Waals surface area contributed by atoms with Gasteiger partial charge in [-0.15, -0.1) is 0 Å². The van der Waals surface area contributed by atoms with Gasteiger partial charge >= 0.3 is 0 Å². The molecule has 1 aliphatic heterocycles. The van der Waals surface area contributed by atoms with Crippen LogP contribution in [0.4, 0.5) is 0 Å². The third-order valence-corrected chi connectivity index (χ3v) is 4.03. The molecule has 0 radical (unpaired) electrons. The molecule has 0 saturated carbocycles. The topological polar surface area (TPSA) is 53.0 Å². The van der Waals surface area contributed by atoms with E-state index in [2.05, 4.69) is 30.9 Å². The second kappa shape index (κ2) is 6.88. The Morgan fingerprint density at radius 1 is 1.35 bits per heavy atom. The molecule has 0 amide bonds. The van der Waals surface area contributed by atoms with E-state index < -0.39 is 0 Å². The fraction of sp³-hybridized carbons (Fsp3) is 0.588. The molecule has 20 heavy (non-hydrogen) atoms. The van der Waals surface area contributed by atoms with Crippen molar-refractivity contribution in [3.05, 3.63) is 35.4 Å². The summed E-state index contributed by atoms with van der Waals surface area (Å²) in [5, 5.41) is 9.36. The third kappa shape index (κ3) is 3.39. The Hall–Kier alpha value is -1.37. The predicted molar refractivity (Wildman–Crippen MR) is 82.1 cm³/mol. The van der Waals surface area contributed by atoms with Gasteiger partial charge in [-0.25, -0.2) is 0 Å². The van der Waals surface area contributed by atoms with Gasteiger partial charge in [-0.2, -0.15) is 5.26 Å². The first kappa shape index (κ1) is 15.0. The first-order valence-electron chi connectivity index (χ1n) is 7.62. The second-order valence-electron chi connectivity index (χ2n) is 6.19. The zero-order valence-corrected chi connectivity index (χ0v) is 12.5. The number of hydrogen-bond acceptors (Lipinski definition) is 3. The van der Waals surface area contributed by atoms with Gasteiger partial charge in [-0.1, -0.05) is 38.5 Å². The Kier molecular flexibility index (Phi) is 5.17. The fourth-order valence-corrected chi connectivity index (χ4v) is 3.22. The summed E-state index contributed by atoms with van der Waals surface area (Å²) >= 11 is 0. The van der Waals surface area contributed by atoms with Crippen LogP contribution >= 0.6 is 0 Å². The van der Waals surface area contributed by atoms with Gasteiger partial charge in [0.15, 0.2) is 0 Å². The lowest BCUT2D eigenvalue weighted by Gasteiger charge is -2.35. The number of likely N-dealkylation sites (tertiary alicyclic amines) is 1. The Morgan fingerprint density at radius 2 is 2.10 bits per heavy atom. The SMILES string of the molecule is CC(C)CN1CCCCC(N)C1c1ccccc1C#N. The lowest BCUT2D eigenvalue weighted by molar-refractivity contribution is 0.165. The molecule has 0 aromatic heterocycles. The molecular formula is C17H25N3. The molecule has 1 heterocycles. The van der Waals surface area contributed by atoms with Crippen LogP contribution in [-0.2, 0) is 0 Å². The number of nitrogens with two attached hydrogens (primary N) is 1. The summed E-state index contributed by atoms with van der Waals surface area (Å²) in [6, 6.07) is 10.5. The molecule has 3 heteroatoms. The molecule has 1 fully saturated rings. The van der Waals surface area contributed by atoms with Crippen LogP contribution < -0.4 is 5.73 Å². The van der Waals surface area contributed by atoms with Crippen LogP contribution in [-0.4, -0.2) is 24.0 Å². The number of hydrogen-bond donors (Lipinski definition) is 1. The van der Waals surface area contributed by atoms with Gasteiger partial charge in [0.05, 0.1) is 17.7 Å². The molecule has 2 N–H and O–H groups in total. The molecule has 2 rings (SSSR count). The second-order valence-corrected chi connectivity index (χ2v) is 6.19. The van der Waals surface area contributed by atoms with E-state index >= 15 is 0 Å². The minimum Gasteiger partial charge on any atom is -0.326 e. The molecule has 1 aromatic rings. The number of nitriles is 1. The third-order valence-electron chi connectivity index (χ3n) is 4.03.